The summed E-state index contributed by atoms with van der Waals surface area (Å²) < 4.78 is 10.8. The highest BCUT2D eigenvalue weighted by Gasteiger charge is 2.08. The van der Waals surface area contributed by atoms with Crippen LogP contribution in [0.1, 0.15) is 30.9 Å². The largest absolute Gasteiger partial charge is 0.497 e. The molecule has 23 heavy (non-hydrogen) atoms. The molecule has 0 saturated carbocycles. The van der Waals surface area contributed by atoms with Crippen LogP contribution in [0.2, 0.25) is 0 Å². The van der Waals surface area contributed by atoms with Gasteiger partial charge in [-0.25, -0.2) is 0 Å². The first-order chi connectivity index (χ1) is 11.0. The smallest absolute Gasteiger partial charge is 0.262 e. The van der Waals surface area contributed by atoms with Crippen LogP contribution in [-0.2, 0) is 4.79 Å². The van der Waals surface area contributed by atoms with Gasteiger partial charge in [0.1, 0.15) is 11.5 Å². The number of rotatable bonds is 6. The second kappa shape index (κ2) is 7.68. The van der Waals surface area contributed by atoms with Gasteiger partial charge in [-0.3, -0.25) is 4.79 Å². The topological polar surface area (TPSA) is 47.6 Å². The van der Waals surface area contributed by atoms with Crippen LogP contribution in [0.25, 0.3) is 0 Å². The minimum atomic E-state index is -0.190. The summed E-state index contributed by atoms with van der Waals surface area (Å²) in [6.07, 6.45) is 0. The Kier molecular flexibility index (Phi) is 5.63. The summed E-state index contributed by atoms with van der Waals surface area (Å²) in [5.74, 6) is 1.73. The van der Waals surface area contributed by atoms with E-state index in [4.69, 9.17) is 9.47 Å². The van der Waals surface area contributed by atoms with Crippen molar-refractivity contribution in [3.63, 3.8) is 0 Å². The zero-order chi connectivity index (χ0) is 16.8. The Bertz CT molecular complexity index is 663. The number of methoxy groups -OCH3 is 1. The molecule has 4 heteroatoms. The van der Waals surface area contributed by atoms with Crippen LogP contribution in [0, 0.1) is 6.92 Å². The maximum atomic E-state index is 12.0. The Morgan fingerprint density at radius 2 is 1.83 bits per heavy atom. The number of hydrogen-bond acceptors (Lipinski definition) is 3. The first-order valence-electron chi connectivity index (χ1n) is 7.67. The molecule has 2 aromatic rings. The first kappa shape index (κ1) is 16.9. The van der Waals surface area contributed by atoms with Crippen LogP contribution in [-0.4, -0.2) is 19.6 Å². The van der Waals surface area contributed by atoms with Crippen molar-refractivity contribution < 1.29 is 14.3 Å². The van der Waals surface area contributed by atoms with Crippen LogP contribution in [0.15, 0.2) is 42.5 Å². The number of nitrogens with one attached hydrogen (secondary N) is 1. The molecule has 2 aromatic carbocycles. The summed E-state index contributed by atoms with van der Waals surface area (Å²) in [5, 5.41) is 2.80. The quantitative estimate of drug-likeness (QED) is 0.871. The molecule has 0 aliphatic carbocycles. The molecule has 1 N–H and O–H groups in total. The fourth-order valence-corrected chi connectivity index (χ4v) is 2.15. The predicted octanol–water partition coefficient (Wildman–Crippen LogP) is 4.14. The highest BCUT2D eigenvalue weighted by Crippen LogP contribution is 2.24. The van der Waals surface area contributed by atoms with Crippen molar-refractivity contribution in [2.45, 2.75) is 26.7 Å². The third-order valence-corrected chi connectivity index (χ3v) is 3.61. The number of amides is 1. The van der Waals surface area contributed by atoms with E-state index in [1.807, 2.05) is 19.1 Å². The van der Waals surface area contributed by atoms with E-state index in [1.165, 1.54) is 5.56 Å². The fraction of sp³-hybridized carbons (Fsp3) is 0.316. The van der Waals surface area contributed by atoms with Crippen molar-refractivity contribution in [3.8, 4) is 11.5 Å². The van der Waals surface area contributed by atoms with Crippen LogP contribution >= 0.6 is 0 Å². The van der Waals surface area contributed by atoms with E-state index in [2.05, 4.69) is 25.2 Å². The second-order valence-corrected chi connectivity index (χ2v) is 5.74. The van der Waals surface area contributed by atoms with Crippen molar-refractivity contribution in [2.24, 2.45) is 0 Å². The zero-order valence-corrected chi connectivity index (χ0v) is 14.1. The van der Waals surface area contributed by atoms with Crippen molar-refractivity contribution in [3.05, 3.63) is 53.6 Å². The molecule has 0 heterocycles. The van der Waals surface area contributed by atoms with Crippen LogP contribution < -0.4 is 14.8 Å². The highest BCUT2D eigenvalue weighted by atomic mass is 16.5. The maximum Gasteiger partial charge on any atom is 0.262 e. The lowest BCUT2D eigenvalue weighted by Gasteiger charge is -2.13. The van der Waals surface area contributed by atoms with E-state index in [-0.39, 0.29) is 12.5 Å². The molecule has 1 amide bonds. The van der Waals surface area contributed by atoms with Crippen LogP contribution in [0.5, 0.6) is 11.5 Å². The van der Waals surface area contributed by atoms with Crippen LogP contribution in [0.4, 0.5) is 5.69 Å². The summed E-state index contributed by atoms with van der Waals surface area (Å²) in [7, 11) is 1.61. The number of hydrogen-bond donors (Lipinski definition) is 1. The molecule has 0 aromatic heterocycles. The van der Waals surface area contributed by atoms with Crippen LogP contribution in [0.3, 0.4) is 0 Å². The summed E-state index contributed by atoms with van der Waals surface area (Å²) in [4.78, 5) is 12.0. The molecule has 0 saturated heterocycles. The molecule has 0 atom stereocenters. The first-order valence-corrected chi connectivity index (χ1v) is 7.67. The standard InChI is InChI=1S/C19H23NO3/c1-13(2)15-6-5-14(3)18(11-15)23-12-19(21)20-16-7-9-17(22-4)10-8-16/h5-11,13H,12H2,1-4H3,(H,20,21). The molecule has 4 nitrogen and oxygen atoms in total. The highest BCUT2D eigenvalue weighted by molar-refractivity contribution is 5.91. The maximum absolute atomic E-state index is 12.0. The molecular weight excluding hydrogens is 290 g/mol. The minimum absolute atomic E-state index is 0.0194. The van der Waals surface area contributed by atoms with E-state index in [9.17, 15) is 4.79 Å². The summed E-state index contributed by atoms with van der Waals surface area (Å²) in [6, 6.07) is 13.3. The molecule has 2 rings (SSSR count). The van der Waals surface area contributed by atoms with Gasteiger partial charge in [-0.1, -0.05) is 26.0 Å². The monoisotopic (exact) mass is 313 g/mol. The number of anilines is 1. The number of carbonyl (C=O) groups excluding carboxylic acids is 1. The van der Waals surface area contributed by atoms with Gasteiger partial charge in [-0.15, -0.1) is 0 Å². The SMILES string of the molecule is COc1ccc(NC(=O)COc2cc(C(C)C)ccc2C)cc1. The third-order valence-electron chi connectivity index (χ3n) is 3.61. The Morgan fingerprint density at radius 3 is 2.43 bits per heavy atom. The Balaban J connectivity index is 1.94. The summed E-state index contributed by atoms with van der Waals surface area (Å²) in [6.45, 7) is 6.21. The molecule has 0 aliphatic rings. The van der Waals surface area contributed by atoms with Crippen molar-refractivity contribution in [2.75, 3.05) is 19.0 Å². The van der Waals surface area contributed by atoms with E-state index >= 15 is 0 Å². The second-order valence-electron chi connectivity index (χ2n) is 5.74. The lowest BCUT2D eigenvalue weighted by atomic mass is 10.0. The number of carbonyl (C=O) groups is 1. The summed E-state index contributed by atoms with van der Waals surface area (Å²) >= 11 is 0. The Labute approximate surface area is 137 Å². The van der Waals surface area contributed by atoms with Gasteiger partial charge in [0.05, 0.1) is 7.11 Å². The summed E-state index contributed by atoms with van der Waals surface area (Å²) in [5.41, 5.74) is 2.93. The van der Waals surface area contributed by atoms with E-state index in [0.717, 1.165) is 17.1 Å². The Hall–Kier alpha value is -2.49. The molecule has 0 bridgehead atoms. The van der Waals surface area contributed by atoms with Gasteiger partial charge in [0.2, 0.25) is 0 Å². The minimum Gasteiger partial charge on any atom is -0.497 e. The molecule has 122 valence electrons. The van der Waals surface area contributed by atoms with Gasteiger partial charge < -0.3 is 14.8 Å². The molecule has 0 unspecified atom stereocenters. The van der Waals surface area contributed by atoms with Gasteiger partial charge in [-0.2, -0.15) is 0 Å². The number of ether oxygens (including phenoxy) is 2. The van der Waals surface area contributed by atoms with E-state index in [1.54, 1.807) is 31.4 Å². The zero-order valence-electron chi connectivity index (χ0n) is 14.1. The predicted molar refractivity (Wildman–Crippen MR) is 92.4 cm³/mol. The third kappa shape index (κ3) is 4.74. The van der Waals surface area contributed by atoms with Crippen molar-refractivity contribution >= 4 is 11.6 Å². The van der Waals surface area contributed by atoms with Gasteiger partial charge >= 0.3 is 0 Å². The van der Waals surface area contributed by atoms with E-state index in [0.29, 0.717) is 11.6 Å². The average Bonchev–Trinajstić information content (AvgIpc) is 2.54. The van der Waals surface area contributed by atoms with Crippen molar-refractivity contribution in [1.82, 2.24) is 0 Å². The molecule has 0 radical (unpaired) electrons. The van der Waals surface area contributed by atoms with Gasteiger partial charge in [-0.05, 0) is 54.3 Å². The molecule has 0 fully saturated rings. The van der Waals surface area contributed by atoms with Gasteiger partial charge in [0.25, 0.3) is 5.91 Å². The molecular formula is C19H23NO3. The van der Waals surface area contributed by atoms with Crippen molar-refractivity contribution in [1.29, 1.82) is 0 Å². The molecule has 0 aliphatic heterocycles. The molecule has 0 spiro atoms. The lowest BCUT2D eigenvalue weighted by Crippen LogP contribution is -2.20. The Morgan fingerprint density at radius 1 is 1.13 bits per heavy atom. The van der Waals surface area contributed by atoms with Gasteiger partial charge in [0, 0.05) is 5.69 Å². The van der Waals surface area contributed by atoms with E-state index < -0.39 is 0 Å². The fourth-order valence-electron chi connectivity index (χ4n) is 2.15. The average molecular weight is 313 g/mol. The number of benzene rings is 2. The lowest BCUT2D eigenvalue weighted by molar-refractivity contribution is -0.118. The van der Waals surface area contributed by atoms with Gasteiger partial charge in [0.15, 0.2) is 6.61 Å². The number of aryl methyl sites for hydroxylation is 1. The normalized spacial score (nSPS) is 10.5.